The summed E-state index contributed by atoms with van der Waals surface area (Å²) in [5.74, 6) is -2.27. The Hall–Kier alpha value is -0.680. The Kier molecular flexibility index (Phi) is 4.68. The van der Waals surface area contributed by atoms with Gasteiger partial charge in [-0.1, -0.05) is 0 Å². The van der Waals surface area contributed by atoms with E-state index in [1.54, 1.807) is 7.05 Å². The predicted molar refractivity (Wildman–Crippen MR) is 63.1 cm³/mol. The molecule has 1 N–H and O–H groups in total. The van der Waals surface area contributed by atoms with E-state index in [1.807, 2.05) is 0 Å². The first-order valence-electron chi connectivity index (χ1n) is 4.87. The van der Waals surface area contributed by atoms with Gasteiger partial charge in [0.05, 0.1) is 11.6 Å². The number of alkyl halides is 2. The summed E-state index contributed by atoms with van der Waals surface area (Å²) < 4.78 is 32.8. The molecular formula is C11H14BrF2NO. The van der Waals surface area contributed by atoms with Gasteiger partial charge in [0.25, 0.3) is 5.92 Å². The van der Waals surface area contributed by atoms with Gasteiger partial charge in [0, 0.05) is 18.5 Å². The van der Waals surface area contributed by atoms with Crippen LogP contribution in [-0.4, -0.2) is 20.7 Å². The highest BCUT2D eigenvalue weighted by atomic mass is 79.9. The second-order valence-electron chi connectivity index (χ2n) is 3.41. The zero-order valence-electron chi connectivity index (χ0n) is 9.19. The summed E-state index contributed by atoms with van der Waals surface area (Å²) in [6.07, 6.45) is -0.220. The van der Waals surface area contributed by atoms with Gasteiger partial charge in [-0.3, -0.25) is 0 Å². The van der Waals surface area contributed by atoms with E-state index in [-0.39, 0.29) is 18.5 Å². The summed E-state index contributed by atoms with van der Waals surface area (Å²) in [5.41, 5.74) is -0.00424. The maximum absolute atomic E-state index is 13.7. The molecular weight excluding hydrogens is 280 g/mol. The first-order valence-corrected chi connectivity index (χ1v) is 5.67. The minimum atomic E-state index is -2.82. The molecule has 0 radical (unpaired) electrons. The van der Waals surface area contributed by atoms with E-state index < -0.39 is 5.92 Å². The topological polar surface area (TPSA) is 21.3 Å². The number of hydrogen-bond donors (Lipinski definition) is 1. The molecule has 0 amide bonds. The van der Waals surface area contributed by atoms with Crippen LogP contribution in [0, 0.1) is 0 Å². The van der Waals surface area contributed by atoms with Crippen molar-refractivity contribution in [1.29, 1.82) is 0 Å². The third kappa shape index (κ3) is 3.15. The third-order valence-corrected chi connectivity index (χ3v) is 2.88. The van der Waals surface area contributed by atoms with E-state index in [0.717, 1.165) is 0 Å². The van der Waals surface area contributed by atoms with Crippen LogP contribution in [0.3, 0.4) is 0 Å². The van der Waals surface area contributed by atoms with Gasteiger partial charge in [-0.25, -0.2) is 8.78 Å². The Morgan fingerprint density at radius 3 is 2.62 bits per heavy atom. The third-order valence-electron chi connectivity index (χ3n) is 2.26. The summed E-state index contributed by atoms with van der Waals surface area (Å²) in [7, 11) is 3.15. The fourth-order valence-electron chi connectivity index (χ4n) is 1.32. The zero-order chi connectivity index (χ0) is 12.2. The number of methoxy groups -OCH3 is 1. The molecule has 2 nitrogen and oxygen atoms in total. The minimum Gasteiger partial charge on any atom is -0.496 e. The molecule has 0 saturated carbocycles. The Labute approximate surface area is 102 Å². The Balaban J connectivity index is 2.91. The molecule has 0 saturated heterocycles. The van der Waals surface area contributed by atoms with Crippen molar-refractivity contribution < 1.29 is 13.5 Å². The van der Waals surface area contributed by atoms with Gasteiger partial charge in [0.1, 0.15) is 5.75 Å². The lowest BCUT2D eigenvalue weighted by molar-refractivity contribution is -0.0124. The van der Waals surface area contributed by atoms with Gasteiger partial charge in [0.2, 0.25) is 0 Å². The smallest absolute Gasteiger partial charge is 0.274 e. The number of halogens is 3. The van der Waals surface area contributed by atoms with Crippen molar-refractivity contribution in [2.75, 3.05) is 20.7 Å². The maximum Gasteiger partial charge on any atom is 0.274 e. The first-order chi connectivity index (χ1) is 7.51. The zero-order valence-corrected chi connectivity index (χ0v) is 10.8. The van der Waals surface area contributed by atoms with Crippen LogP contribution in [0.1, 0.15) is 12.0 Å². The van der Waals surface area contributed by atoms with Crippen LogP contribution in [0.25, 0.3) is 0 Å². The second kappa shape index (κ2) is 5.59. The van der Waals surface area contributed by atoms with Crippen LogP contribution in [0.15, 0.2) is 22.7 Å². The lowest BCUT2D eigenvalue weighted by Gasteiger charge is -2.17. The summed E-state index contributed by atoms with van der Waals surface area (Å²) in [6, 6.07) is 4.32. The summed E-state index contributed by atoms with van der Waals surface area (Å²) in [5, 5.41) is 2.71. The van der Waals surface area contributed by atoms with E-state index in [0.29, 0.717) is 10.2 Å². The molecule has 16 heavy (non-hydrogen) atoms. The molecule has 1 aromatic carbocycles. The maximum atomic E-state index is 13.7. The standard InChI is InChI=1S/C11H14BrF2NO/c1-15-6-5-11(13,14)8-3-4-10(16-2)9(12)7-8/h3-4,7,15H,5-6H2,1-2H3. The van der Waals surface area contributed by atoms with E-state index in [1.165, 1.54) is 25.3 Å². The van der Waals surface area contributed by atoms with Gasteiger partial charge in [0.15, 0.2) is 0 Å². The van der Waals surface area contributed by atoms with Gasteiger partial charge < -0.3 is 10.1 Å². The van der Waals surface area contributed by atoms with Crippen molar-refractivity contribution in [2.45, 2.75) is 12.3 Å². The molecule has 0 bridgehead atoms. The van der Waals surface area contributed by atoms with E-state index in [9.17, 15) is 8.78 Å². The van der Waals surface area contributed by atoms with Crippen molar-refractivity contribution in [1.82, 2.24) is 5.32 Å². The molecule has 1 rings (SSSR count). The monoisotopic (exact) mass is 293 g/mol. The highest BCUT2D eigenvalue weighted by molar-refractivity contribution is 9.10. The largest absolute Gasteiger partial charge is 0.496 e. The van der Waals surface area contributed by atoms with Crippen LogP contribution >= 0.6 is 15.9 Å². The molecule has 0 heterocycles. The van der Waals surface area contributed by atoms with Gasteiger partial charge in [-0.15, -0.1) is 0 Å². The molecule has 0 atom stereocenters. The molecule has 1 aromatic rings. The molecule has 0 fully saturated rings. The van der Waals surface area contributed by atoms with Crippen molar-refractivity contribution in [3.63, 3.8) is 0 Å². The van der Waals surface area contributed by atoms with Gasteiger partial charge >= 0.3 is 0 Å². The number of rotatable bonds is 5. The highest BCUT2D eigenvalue weighted by Gasteiger charge is 2.31. The van der Waals surface area contributed by atoms with Crippen LogP contribution in [-0.2, 0) is 5.92 Å². The van der Waals surface area contributed by atoms with E-state index >= 15 is 0 Å². The molecule has 0 spiro atoms. The van der Waals surface area contributed by atoms with Crippen LogP contribution in [0.2, 0.25) is 0 Å². The predicted octanol–water partition coefficient (Wildman–Crippen LogP) is 3.16. The summed E-state index contributed by atoms with van der Waals surface area (Å²) in [4.78, 5) is 0. The van der Waals surface area contributed by atoms with E-state index in [2.05, 4.69) is 21.2 Å². The van der Waals surface area contributed by atoms with Crippen molar-refractivity contribution >= 4 is 15.9 Å². The number of nitrogens with one attached hydrogen (secondary N) is 1. The number of hydrogen-bond acceptors (Lipinski definition) is 2. The fraction of sp³-hybridized carbons (Fsp3) is 0.455. The second-order valence-corrected chi connectivity index (χ2v) is 4.26. The first kappa shape index (κ1) is 13.4. The lowest BCUT2D eigenvalue weighted by atomic mass is 10.1. The SMILES string of the molecule is CNCCC(F)(F)c1ccc(OC)c(Br)c1. The highest BCUT2D eigenvalue weighted by Crippen LogP contribution is 2.35. The summed E-state index contributed by atoms with van der Waals surface area (Å²) in [6.45, 7) is 0.274. The molecule has 0 aliphatic carbocycles. The molecule has 0 unspecified atom stereocenters. The van der Waals surface area contributed by atoms with Crippen molar-refractivity contribution in [2.24, 2.45) is 0 Å². The Bertz CT molecular complexity index is 358. The quantitative estimate of drug-likeness (QED) is 0.900. The fourth-order valence-corrected chi connectivity index (χ4v) is 1.86. The molecule has 0 aromatic heterocycles. The number of benzene rings is 1. The van der Waals surface area contributed by atoms with Crippen LogP contribution in [0.5, 0.6) is 5.75 Å². The van der Waals surface area contributed by atoms with Crippen LogP contribution < -0.4 is 10.1 Å². The average Bonchev–Trinajstić information content (AvgIpc) is 2.26. The Morgan fingerprint density at radius 1 is 1.44 bits per heavy atom. The van der Waals surface area contributed by atoms with Crippen molar-refractivity contribution in [3.8, 4) is 5.75 Å². The van der Waals surface area contributed by atoms with Gasteiger partial charge in [-0.05, 0) is 41.2 Å². The lowest BCUT2D eigenvalue weighted by Crippen LogP contribution is -2.20. The summed E-state index contributed by atoms with van der Waals surface area (Å²) >= 11 is 3.19. The van der Waals surface area contributed by atoms with Gasteiger partial charge in [-0.2, -0.15) is 0 Å². The molecule has 90 valence electrons. The normalized spacial score (nSPS) is 11.6. The van der Waals surface area contributed by atoms with E-state index in [4.69, 9.17) is 4.74 Å². The minimum absolute atomic E-state index is 0.00424. The van der Waals surface area contributed by atoms with Crippen LogP contribution in [0.4, 0.5) is 8.78 Å². The molecule has 0 aliphatic heterocycles. The van der Waals surface area contributed by atoms with Crippen molar-refractivity contribution in [3.05, 3.63) is 28.2 Å². The Morgan fingerprint density at radius 2 is 2.12 bits per heavy atom. The molecule has 0 aliphatic rings. The molecule has 5 heteroatoms. The average molecular weight is 294 g/mol. The number of ether oxygens (including phenoxy) is 1.